The van der Waals surface area contributed by atoms with Gasteiger partial charge in [-0.15, -0.1) is 0 Å². The van der Waals surface area contributed by atoms with Crippen LogP contribution in [-0.2, 0) is 19.1 Å². The molecule has 2 aromatic rings. The molecule has 184 valence electrons. The van der Waals surface area contributed by atoms with Gasteiger partial charge in [0.2, 0.25) is 11.8 Å². The van der Waals surface area contributed by atoms with E-state index in [1.165, 1.54) is 19.2 Å². The highest BCUT2D eigenvalue weighted by atomic mass is 32.2. The number of phenolic OH excluding ortho intramolecular Hbond substituents is 1. The number of nitrogens with one attached hydrogen (secondary N) is 1. The number of imide groups is 1. The van der Waals surface area contributed by atoms with Gasteiger partial charge in [-0.05, 0) is 48.3 Å². The minimum Gasteiger partial charge on any atom is -0.508 e. The molecule has 0 aromatic heterocycles. The molecule has 0 radical (unpaired) electrons. The Morgan fingerprint density at radius 2 is 1.86 bits per heavy atom. The molecule has 2 saturated heterocycles. The smallest absolute Gasteiger partial charge is 0.326 e. The van der Waals surface area contributed by atoms with Crippen LogP contribution in [0.1, 0.15) is 18.0 Å². The van der Waals surface area contributed by atoms with Crippen molar-refractivity contribution in [1.82, 2.24) is 5.32 Å². The van der Waals surface area contributed by atoms with Crippen LogP contribution in [0.5, 0.6) is 17.2 Å². The quantitative estimate of drug-likeness (QED) is 0.457. The number of ether oxygens (including phenoxy) is 3. The zero-order chi connectivity index (χ0) is 24.7. The number of hydrogen-bond acceptors (Lipinski definition) is 9. The Morgan fingerprint density at radius 3 is 2.54 bits per heavy atom. The summed E-state index contributed by atoms with van der Waals surface area (Å²) in [6.07, 6.45) is 2.22. The number of thioether (sulfide) groups is 1. The number of esters is 1. The summed E-state index contributed by atoms with van der Waals surface area (Å²) in [7, 11) is 1.29. The van der Waals surface area contributed by atoms with Crippen LogP contribution in [0.15, 0.2) is 42.5 Å². The molecular formula is C25H26N2O7S. The summed E-state index contributed by atoms with van der Waals surface area (Å²) in [4.78, 5) is 42.2. The van der Waals surface area contributed by atoms with Gasteiger partial charge in [-0.2, -0.15) is 11.8 Å². The lowest BCUT2D eigenvalue weighted by Gasteiger charge is -2.32. The number of methoxy groups -OCH3 is 1. The van der Waals surface area contributed by atoms with Gasteiger partial charge in [0.25, 0.3) is 0 Å². The Morgan fingerprint density at radius 1 is 1.14 bits per heavy atom. The van der Waals surface area contributed by atoms with E-state index in [1.54, 1.807) is 42.1 Å². The second-order valence-corrected chi connectivity index (χ2v) is 9.75. The molecule has 3 heterocycles. The lowest BCUT2D eigenvalue weighted by atomic mass is 9.78. The first kappa shape index (κ1) is 23.5. The average Bonchev–Trinajstić information content (AvgIpc) is 3.36. The SMILES string of the molecule is COC(=O)[C@]1(CCSC)N[C@@H](c2ccc(O)cc2)[C@H]2C(=O)N(c3ccc4c(c3)OCCO4)C(=O)[C@@H]21. The summed E-state index contributed by atoms with van der Waals surface area (Å²) in [5.41, 5.74) is -0.315. The van der Waals surface area contributed by atoms with Crippen molar-refractivity contribution in [3.05, 3.63) is 48.0 Å². The van der Waals surface area contributed by atoms with Crippen molar-refractivity contribution in [2.24, 2.45) is 11.8 Å². The Balaban J connectivity index is 1.61. The third-order valence-electron chi connectivity index (χ3n) is 6.94. The summed E-state index contributed by atoms with van der Waals surface area (Å²) in [5, 5.41) is 13.1. The molecule has 0 spiro atoms. The third-order valence-corrected chi connectivity index (χ3v) is 7.55. The molecule has 0 saturated carbocycles. The number of fused-ring (bicyclic) bond motifs is 2. The molecule has 0 unspecified atom stereocenters. The van der Waals surface area contributed by atoms with Gasteiger partial charge in [0.15, 0.2) is 11.5 Å². The number of benzene rings is 2. The molecule has 3 aliphatic rings. The second-order valence-electron chi connectivity index (χ2n) is 8.76. The first-order chi connectivity index (χ1) is 16.9. The van der Waals surface area contributed by atoms with Crippen LogP contribution in [0.25, 0.3) is 0 Å². The number of aromatic hydroxyl groups is 1. The zero-order valence-electron chi connectivity index (χ0n) is 19.4. The van der Waals surface area contributed by atoms with E-state index in [1.807, 2.05) is 6.26 Å². The molecule has 3 aliphatic heterocycles. The predicted octanol–water partition coefficient (Wildman–Crippen LogP) is 2.28. The Bertz CT molecular complexity index is 1170. The van der Waals surface area contributed by atoms with Gasteiger partial charge in [-0.25, -0.2) is 4.90 Å². The molecule has 35 heavy (non-hydrogen) atoms. The summed E-state index contributed by atoms with van der Waals surface area (Å²) in [5.74, 6) is -1.56. The van der Waals surface area contributed by atoms with Gasteiger partial charge in [0.1, 0.15) is 24.5 Å². The van der Waals surface area contributed by atoms with E-state index >= 15 is 0 Å². The van der Waals surface area contributed by atoms with Crippen molar-refractivity contribution >= 4 is 35.2 Å². The van der Waals surface area contributed by atoms with E-state index in [0.29, 0.717) is 48.1 Å². The molecule has 4 atom stereocenters. The molecule has 0 aliphatic carbocycles. The van der Waals surface area contributed by atoms with Gasteiger partial charge in [0, 0.05) is 12.1 Å². The van der Waals surface area contributed by atoms with E-state index in [-0.39, 0.29) is 5.75 Å². The second kappa shape index (κ2) is 9.09. The van der Waals surface area contributed by atoms with Crippen molar-refractivity contribution in [3.8, 4) is 17.2 Å². The number of anilines is 1. The molecule has 0 bridgehead atoms. The van der Waals surface area contributed by atoms with Crippen LogP contribution in [0.4, 0.5) is 5.69 Å². The fourth-order valence-corrected chi connectivity index (χ4v) is 5.89. The highest BCUT2D eigenvalue weighted by molar-refractivity contribution is 7.98. The van der Waals surface area contributed by atoms with E-state index in [2.05, 4.69) is 5.32 Å². The summed E-state index contributed by atoms with van der Waals surface area (Å²) in [6, 6.07) is 10.7. The Hall–Kier alpha value is -3.24. The minimum atomic E-state index is -1.37. The highest BCUT2D eigenvalue weighted by Gasteiger charge is 2.68. The normalized spacial score (nSPS) is 27.1. The number of hydrogen-bond donors (Lipinski definition) is 2. The largest absolute Gasteiger partial charge is 0.508 e. The summed E-state index contributed by atoms with van der Waals surface area (Å²) < 4.78 is 16.4. The van der Waals surface area contributed by atoms with Gasteiger partial charge >= 0.3 is 5.97 Å². The standard InChI is InChI=1S/C25H26N2O7S/c1-32-24(31)25(9-12-35-2)20-19(21(26-25)14-3-6-16(28)7-4-14)22(29)27(23(20)30)15-5-8-17-18(13-15)34-11-10-33-17/h3-8,13,19-21,26,28H,9-12H2,1-2H3/t19-,20+,21-,25+/m0/s1. The first-order valence-corrected chi connectivity index (χ1v) is 12.7. The summed E-state index contributed by atoms with van der Waals surface area (Å²) >= 11 is 1.54. The lowest BCUT2D eigenvalue weighted by molar-refractivity contribution is -0.152. The van der Waals surface area contributed by atoms with Gasteiger partial charge in [-0.3, -0.25) is 19.7 Å². The van der Waals surface area contributed by atoms with Crippen LogP contribution < -0.4 is 19.7 Å². The molecule has 2 fully saturated rings. The molecule has 2 aromatic carbocycles. The number of carbonyl (C=O) groups excluding carboxylic acids is 3. The number of rotatable bonds is 6. The fraction of sp³-hybridized carbons (Fsp3) is 0.400. The third kappa shape index (κ3) is 3.71. The van der Waals surface area contributed by atoms with Crippen molar-refractivity contribution in [2.45, 2.75) is 18.0 Å². The minimum absolute atomic E-state index is 0.0802. The number of nitrogens with zero attached hydrogens (tertiary/aromatic N) is 1. The highest BCUT2D eigenvalue weighted by Crippen LogP contribution is 2.52. The summed E-state index contributed by atoms with van der Waals surface area (Å²) in [6.45, 7) is 0.797. The van der Waals surface area contributed by atoms with Crippen molar-refractivity contribution in [2.75, 3.05) is 37.2 Å². The number of phenols is 1. The molecule has 10 heteroatoms. The zero-order valence-corrected chi connectivity index (χ0v) is 20.2. The molecule has 9 nitrogen and oxygen atoms in total. The van der Waals surface area contributed by atoms with Crippen LogP contribution in [0.2, 0.25) is 0 Å². The molecule has 2 amide bonds. The fourth-order valence-electron chi connectivity index (χ4n) is 5.36. The van der Waals surface area contributed by atoms with Crippen LogP contribution >= 0.6 is 11.8 Å². The average molecular weight is 499 g/mol. The lowest BCUT2D eigenvalue weighted by Crippen LogP contribution is -2.56. The maximum absolute atomic E-state index is 13.9. The van der Waals surface area contributed by atoms with Gasteiger partial charge < -0.3 is 19.3 Å². The van der Waals surface area contributed by atoms with Gasteiger partial charge in [0.05, 0.1) is 24.6 Å². The van der Waals surface area contributed by atoms with Crippen LogP contribution in [0.3, 0.4) is 0 Å². The predicted molar refractivity (Wildman–Crippen MR) is 129 cm³/mol. The van der Waals surface area contributed by atoms with Crippen molar-refractivity contribution in [1.29, 1.82) is 0 Å². The van der Waals surface area contributed by atoms with Crippen LogP contribution in [-0.4, -0.2) is 60.8 Å². The maximum atomic E-state index is 13.9. The monoisotopic (exact) mass is 498 g/mol. The van der Waals surface area contributed by atoms with E-state index in [9.17, 15) is 19.5 Å². The van der Waals surface area contributed by atoms with Gasteiger partial charge in [-0.1, -0.05) is 12.1 Å². The van der Waals surface area contributed by atoms with E-state index in [4.69, 9.17) is 14.2 Å². The number of amides is 2. The molecular weight excluding hydrogens is 472 g/mol. The topological polar surface area (TPSA) is 114 Å². The number of carbonyl (C=O) groups is 3. The first-order valence-electron chi connectivity index (χ1n) is 11.3. The van der Waals surface area contributed by atoms with Crippen LogP contribution in [0, 0.1) is 11.8 Å². The molecule has 5 rings (SSSR count). The van der Waals surface area contributed by atoms with E-state index < -0.39 is 41.2 Å². The molecule has 2 N–H and O–H groups in total. The van der Waals surface area contributed by atoms with Crippen molar-refractivity contribution in [3.63, 3.8) is 0 Å². The van der Waals surface area contributed by atoms with Crippen molar-refractivity contribution < 1.29 is 33.7 Å². The maximum Gasteiger partial charge on any atom is 0.326 e. The van der Waals surface area contributed by atoms with E-state index in [0.717, 1.165) is 4.90 Å². The Labute approximate surface area is 206 Å². The Kier molecular flexibility index (Phi) is 6.10.